The Hall–Kier alpha value is -2.06. The molecule has 0 saturated carbocycles. The van der Waals surface area contributed by atoms with Gasteiger partial charge in [-0.1, -0.05) is 35.6 Å². The minimum Gasteiger partial charge on any atom is -0.372 e. The van der Waals surface area contributed by atoms with Crippen molar-refractivity contribution in [2.24, 2.45) is 0 Å². The molecule has 0 saturated heterocycles. The summed E-state index contributed by atoms with van der Waals surface area (Å²) in [5.41, 5.74) is 1.41. The number of benzene rings is 1. The number of nitrogens with zero attached hydrogens (tertiary/aromatic N) is 2. The van der Waals surface area contributed by atoms with Gasteiger partial charge in [-0.25, -0.2) is 8.78 Å². The molecule has 0 radical (unpaired) electrons. The summed E-state index contributed by atoms with van der Waals surface area (Å²) in [7, 11) is 0. The number of nitrogens with one attached hydrogen (secondary N) is 1. The molecule has 20 heavy (non-hydrogen) atoms. The molecule has 6 heteroatoms. The minimum atomic E-state index is -2.41. The zero-order valence-corrected chi connectivity index (χ0v) is 11.2. The highest BCUT2D eigenvalue weighted by Crippen LogP contribution is 2.13. The number of alkyl halides is 2. The van der Waals surface area contributed by atoms with Crippen molar-refractivity contribution in [3.8, 4) is 11.8 Å². The first-order valence-corrected chi connectivity index (χ1v) is 6.31. The Labute approximate surface area is 120 Å². The third kappa shape index (κ3) is 4.25. The summed E-state index contributed by atoms with van der Waals surface area (Å²) in [5, 5.41) is 7.40. The first kappa shape index (κ1) is 14.4. The molecule has 1 heterocycles. The van der Waals surface area contributed by atoms with E-state index in [2.05, 4.69) is 22.3 Å². The van der Waals surface area contributed by atoms with Gasteiger partial charge in [-0.05, 0) is 12.1 Å². The zero-order chi connectivity index (χ0) is 14.4. The summed E-state index contributed by atoms with van der Waals surface area (Å²) in [6.45, 7) is -0.0292. The van der Waals surface area contributed by atoms with E-state index in [1.807, 2.05) is 18.2 Å². The van der Waals surface area contributed by atoms with Crippen molar-refractivity contribution in [1.82, 2.24) is 9.78 Å². The zero-order valence-electron chi connectivity index (χ0n) is 10.5. The van der Waals surface area contributed by atoms with Crippen LogP contribution in [0.2, 0.25) is 5.02 Å². The maximum atomic E-state index is 12.1. The van der Waals surface area contributed by atoms with Gasteiger partial charge in [-0.2, -0.15) is 5.10 Å². The van der Waals surface area contributed by atoms with E-state index in [0.717, 1.165) is 5.56 Å². The van der Waals surface area contributed by atoms with Crippen molar-refractivity contribution in [3.05, 3.63) is 47.2 Å². The monoisotopic (exact) mass is 295 g/mol. The fourth-order valence-corrected chi connectivity index (χ4v) is 1.73. The van der Waals surface area contributed by atoms with E-state index in [-0.39, 0.29) is 0 Å². The number of halogens is 3. The quantitative estimate of drug-likeness (QED) is 0.878. The lowest BCUT2D eigenvalue weighted by Gasteiger charge is -1.98. The van der Waals surface area contributed by atoms with Crippen LogP contribution < -0.4 is 5.32 Å². The van der Waals surface area contributed by atoms with Crippen molar-refractivity contribution in [1.29, 1.82) is 0 Å². The third-order valence-electron chi connectivity index (χ3n) is 2.44. The van der Waals surface area contributed by atoms with Gasteiger partial charge in [0.05, 0.1) is 23.5 Å². The number of hydrogen-bond acceptors (Lipinski definition) is 2. The van der Waals surface area contributed by atoms with Crippen LogP contribution in [0.4, 0.5) is 14.5 Å². The highest BCUT2D eigenvalue weighted by atomic mass is 35.5. The van der Waals surface area contributed by atoms with Gasteiger partial charge in [0.1, 0.15) is 6.54 Å². The van der Waals surface area contributed by atoms with E-state index in [1.54, 1.807) is 6.07 Å². The minimum absolute atomic E-state index is 0.381. The standard InChI is InChI=1S/C14H12ClF2N3/c15-13-6-2-1-4-11(13)5-3-7-18-12-8-19-20(9-12)10-14(16)17/h1-2,4,6,8-9,14,18H,7,10H2. The SMILES string of the molecule is FC(F)Cn1cc(NCC#Cc2ccccc2Cl)cn1. The summed E-state index contributed by atoms with van der Waals surface area (Å²) in [6, 6.07) is 7.30. The predicted molar refractivity (Wildman–Crippen MR) is 75.1 cm³/mol. The van der Waals surface area contributed by atoms with Crippen molar-refractivity contribution in [2.45, 2.75) is 13.0 Å². The summed E-state index contributed by atoms with van der Waals surface area (Å²) < 4.78 is 25.5. The van der Waals surface area contributed by atoms with Crippen LogP contribution in [0.5, 0.6) is 0 Å². The molecule has 1 N–H and O–H groups in total. The van der Waals surface area contributed by atoms with Crippen molar-refractivity contribution >= 4 is 17.3 Å². The highest BCUT2D eigenvalue weighted by Gasteiger charge is 2.04. The number of aromatic nitrogens is 2. The molecular weight excluding hydrogens is 284 g/mol. The molecule has 0 amide bonds. The van der Waals surface area contributed by atoms with E-state index in [9.17, 15) is 8.78 Å². The summed E-state index contributed by atoms with van der Waals surface area (Å²) >= 11 is 5.96. The molecule has 2 aromatic rings. The lowest BCUT2D eigenvalue weighted by Crippen LogP contribution is -2.06. The smallest absolute Gasteiger partial charge is 0.257 e. The average molecular weight is 296 g/mol. The van der Waals surface area contributed by atoms with Gasteiger partial charge in [0.2, 0.25) is 0 Å². The van der Waals surface area contributed by atoms with E-state index >= 15 is 0 Å². The van der Waals surface area contributed by atoms with Crippen LogP contribution in [0.25, 0.3) is 0 Å². The summed E-state index contributed by atoms with van der Waals surface area (Å²) in [4.78, 5) is 0. The topological polar surface area (TPSA) is 29.9 Å². The van der Waals surface area contributed by atoms with Crippen molar-refractivity contribution in [2.75, 3.05) is 11.9 Å². The largest absolute Gasteiger partial charge is 0.372 e. The van der Waals surface area contributed by atoms with E-state index < -0.39 is 13.0 Å². The normalized spacial score (nSPS) is 10.2. The van der Waals surface area contributed by atoms with Crippen LogP contribution in [-0.4, -0.2) is 22.8 Å². The molecule has 0 fully saturated rings. The second kappa shape index (κ2) is 6.92. The first-order valence-electron chi connectivity index (χ1n) is 5.93. The molecule has 0 spiro atoms. The fraction of sp³-hybridized carbons (Fsp3) is 0.214. The molecule has 3 nitrogen and oxygen atoms in total. The predicted octanol–water partition coefficient (Wildman–Crippen LogP) is 3.27. The molecule has 0 aliphatic rings. The summed E-state index contributed by atoms with van der Waals surface area (Å²) in [6.07, 6.45) is 0.589. The van der Waals surface area contributed by atoms with Crippen LogP contribution in [0.15, 0.2) is 36.7 Å². The molecule has 0 bridgehead atoms. The highest BCUT2D eigenvalue weighted by molar-refractivity contribution is 6.31. The molecule has 0 unspecified atom stereocenters. The van der Waals surface area contributed by atoms with Crippen LogP contribution in [-0.2, 0) is 6.54 Å². The van der Waals surface area contributed by atoms with Crippen LogP contribution in [0.3, 0.4) is 0 Å². The maximum absolute atomic E-state index is 12.1. The molecule has 0 aliphatic heterocycles. The second-order valence-electron chi connectivity index (χ2n) is 3.98. The van der Waals surface area contributed by atoms with Gasteiger partial charge >= 0.3 is 0 Å². The Morgan fingerprint density at radius 3 is 2.90 bits per heavy atom. The van der Waals surface area contributed by atoms with Crippen LogP contribution in [0.1, 0.15) is 5.56 Å². The Balaban J connectivity index is 1.88. The van der Waals surface area contributed by atoms with Crippen LogP contribution in [0, 0.1) is 11.8 Å². The van der Waals surface area contributed by atoms with E-state index in [1.165, 1.54) is 17.1 Å². The van der Waals surface area contributed by atoms with E-state index in [0.29, 0.717) is 17.3 Å². The Bertz CT molecular complexity index is 629. The molecule has 2 rings (SSSR count). The Kier molecular flexibility index (Phi) is 4.97. The number of rotatable bonds is 4. The van der Waals surface area contributed by atoms with Crippen molar-refractivity contribution in [3.63, 3.8) is 0 Å². The van der Waals surface area contributed by atoms with Gasteiger partial charge in [0.25, 0.3) is 6.43 Å². The molecule has 0 atom stereocenters. The second-order valence-corrected chi connectivity index (χ2v) is 4.38. The van der Waals surface area contributed by atoms with Gasteiger partial charge < -0.3 is 5.32 Å². The van der Waals surface area contributed by atoms with Gasteiger partial charge in [0, 0.05) is 11.8 Å². The lowest BCUT2D eigenvalue weighted by molar-refractivity contribution is 0.122. The fourth-order valence-electron chi connectivity index (χ4n) is 1.54. The molecule has 104 valence electrons. The van der Waals surface area contributed by atoms with Gasteiger partial charge in [-0.15, -0.1) is 0 Å². The Morgan fingerprint density at radius 1 is 1.35 bits per heavy atom. The first-order chi connectivity index (χ1) is 9.65. The third-order valence-corrected chi connectivity index (χ3v) is 2.77. The maximum Gasteiger partial charge on any atom is 0.257 e. The average Bonchev–Trinajstić information content (AvgIpc) is 2.83. The van der Waals surface area contributed by atoms with Crippen LogP contribution >= 0.6 is 11.6 Å². The molecular formula is C14H12ClF2N3. The van der Waals surface area contributed by atoms with E-state index in [4.69, 9.17) is 11.6 Å². The summed E-state index contributed by atoms with van der Waals surface area (Å²) in [5.74, 6) is 5.84. The van der Waals surface area contributed by atoms with Gasteiger partial charge in [0.15, 0.2) is 0 Å². The van der Waals surface area contributed by atoms with Gasteiger partial charge in [-0.3, -0.25) is 4.68 Å². The lowest BCUT2D eigenvalue weighted by atomic mass is 10.2. The molecule has 1 aromatic carbocycles. The number of anilines is 1. The van der Waals surface area contributed by atoms with Crippen molar-refractivity contribution < 1.29 is 8.78 Å². The molecule has 1 aromatic heterocycles. The molecule has 0 aliphatic carbocycles. The number of hydrogen-bond donors (Lipinski definition) is 1. The Morgan fingerprint density at radius 2 is 2.15 bits per heavy atom.